The fraction of sp³-hybridized carbons (Fsp3) is 0.381. The summed E-state index contributed by atoms with van der Waals surface area (Å²) >= 11 is 6.57. The second-order valence-electron chi connectivity index (χ2n) is 7.19. The summed E-state index contributed by atoms with van der Waals surface area (Å²) < 4.78 is 0. The van der Waals surface area contributed by atoms with E-state index in [1.807, 2.05) is 36.5 Å². The molecule has 24 heavy (non-hydrogen) atoms. The highest BCUT2D eigenvalue weighted by Crippen LogP contribution is 2.44. The van der Waals surface area contributed by atoms with Crippen molar-refractivity contribution in [2.24, 2.45) is 4.99 Å². The summed E-state index contributed by atoms with van der Waals surface area (Å²) in [6.07, 6.45) is 3.02. The third kappa shape index (κ3) is 3.21. The number of para-hydroxylation sites is 1. The van der Waals surface area contributed by atoms with Crippen LogP contribution in [0.15, 0.2) is 47.5 Å². The van der Waals surface area contributed by atoms with Crippen LogP contribution in [0.3, 0.4) is 0 Å². The number of benzene rings is 2. The molecule has 1 heterocycles. The lowest BCUT2D eigenvalue weighted by Crippen LogP contribution is -2.48. The van der Waals surface area contributed by atoms with Crippen molar-refractivity contribution in [2.45, 2.75) is 45.6 Å². The van der Waals surface area contributed by atoms with Crippen molar-refractivity contribution in [3.8, 4) is 0 Å². The number of hydrogen-bond donors (Lipinski definition) is 0. The maximum Gasteiger partial charge on any atom is 0.0629 e. The van der Waals surface area contributed by atoms with Crippen LogP contribution in [0.2, 0.25) is 5.02 Å². The number of hydrogen-bond acceptors (Lipinski definition) is 2. The Morgan fingerprint density at radius 1 is 1.25 bits per heavy atom. The van der Waals surface area contributed by atoms with Gasteiger partial charge >= 0.3 is 0 Å². The summed E-state index contributed by atoms with van der Waals surface area (Å²) in [4.78, 5) is 7.02. The Morgan fingerprint density at radius 3 is 2.62 bits per heavy atom. The summed E-state index contributed by atoms with van der Waals surface area (Å²) in [5.41, 5.74) is 4.72. The van der Waals surface area contributed by atoms with Gasteiger partial charge in [0.05, 0.1) is 10.7 Å². The second kappa shape index (κ2) is 6.60. The predicted molar refractivity (Wildman–Crippen MR) is 105 cm³/mol. The van der Waals surface area contributed by atoms with Crippen LogP contribution in [-0.4, -0.2) is 18.3 Å². The first-order valence-electron chi connectivity index (χ1n) is 8.62. The molecule has 1 atom stereocenters. The number of anilines is 1. The van der Waals surface area contributed by atoms with Crippen molar-refractivity contribution < 1.29 is 0 Å². The number of aliphatic imine (C=N–C) groups is 1. The number of halogens is 1. The maximum atomic E-state index is 6.57. The molecule has 0 N–H and O–H groups in total. The number of nitrogens with zero attached hydrogens (tertiary/aromatic N) is 2. The fourth-order valence-electron chi connectivity index (χ4n) is 3.88. The maximum absolute atomic E-state index is 6.57. The lowest BCUT2D eigenvalue weighted by molar-refractivity contribution is 0.381. The average molecular weight is 341 g/mol. The lowest BCUT2D eigenvalue weighted by atomic mass is 9.79. The molecule has 2 aromatic carbocycles. The molecule has 0 aromatic heterocycles. The molecule has 1 aliphatic heterocycles. The van der Waals surface area contributed by atoms with E-state index in [2.05, 4.69) is 49.7 Å². The molecule has 0 fully saturated rings. The number of fused-ring (bicyclic) bond motifs is 1. The molecule has 1 unspecified atom stereocenters. The standard InChI is InChI=1S/C21H25ClN2/c1-5-24-20-12-19(22)16(14-23-17-9-7-6-8-10-17)11-18(20)15(2)13-21(24,3)4/h6-12,14-15H,5,13H2,1-4H3. The molecule has 0 saturated carbocycles. The van der Waals surface area contributed by atoms with Gasteiger partial charge in [-0.15, -0.1) is 0 Å². The van der Waals surface area contributed by atoms with Crippen LogP contribution in [0, 0.1) is 0 Å². The smallest absolute Gasteiger partial charge is 0.0629 e. The van der Waals surface area contributed by atoms with Crippen molar-refractivity contribution in [3.63, 3.8) is 0 Å². The van der Waals surface area contributed by atoms with Crippen molar-refractivity contribution in [1.29, 1.82) is 0 Å². The van der Waals surface area contributed by atoms with Gasteiger partial charge in [-0.3, -0.25) is 4.99 Å². The van der Waals surface area contributed by atoms with E-state index >= 15 is 0 Å². The Hall–Kier alpha value is -1.80. The first-order chi connectivity index (χ1) is 11.4. The third-order valence-electron chi connectivity index (χ3n) is 4.93. The highest BCUT2D eigenvalue weighted by molar-refractivity contribution is 6.33. The minimum atomic E-state index is 0.157. The van der Waals surface area contributed by atoms with Gasteiger partial charge in [0, 0.05) is 29.5 Å². The van der Waals surface area contributed by atoms with Crippen LogP contribution < -0.4 is 4.90 Å². The monoisotopic (exact) mass is 340 g/mol. The second-order valence-corrected chi connectivity index (χ2v) is 7.60. The Bertz CT molecular complexity index is 750. The van der Waals surface area contributed by atoms with Crippen LogP contribution in [0.4, 0.5) is 11.4 Å². The normalized spacial score (nSPS) is 19.5. The summed E-state index contributed by atoms with van der Waals surface area (Å²) in [6.45, 7) is 10.1. The van der Waals surface area contributed by atoms with E-state index in [9.17, 15) is 0 Å². The first kappa shape index (κ1) is 17.0. The molecule has 0 amide bonds. The van der Waals surface area contributed by atoms with Gasteiger partial charge in [0.2, 0.25) is 0 Å². The minimum absolute atomic E-state index is 0.157. The van der Waals surface area contributed by atoms with Gasteiger partial charge in [-0.05, 0) is 62.9 Å². The zero-order valence-corrected chi connectivity index (χ0v) is 15.6. The highest BCUT2D eigenvalue weighted by Gasteiger charge is 2.35. The molecule has 0 spiro atoms. The van der Waals surface area contributed by atoms with Crippen LogP contribution in [0.25, 0.3) is 0 Å². The molecule has 126 valence electrons. The topological polar surface area (TPSA) is 15.6 Å². The van der Waals surface area contributed by atoms with E-state index < -0.39 is 0 Å². The Balaban J connectivity index is 2.01. The zero-order chi connectivity index (χ0) is 17.3. The van der Waals surface area contributed by atoms with Crippen molar-refractivity contribution in [3.05, 3.63) is 58.6 Å². The SMILES string of the molecule is CCN1c2cc(Cl)c(C=Nc3ccccc3)cc2C(C)CC1(C)C. The Kier molecular flexibility index (Phi) is 4.69. The van der Waals surface area contributed by atoms with E-state index in [0.717, 1.165) is 29.2 Å². The van der Waals surface area contributed by atoms with E-state index in [0.29, 0.717) is 5.92 Å². The minimum Gasteiger partial charge on any atom is -0.366 e. The molecule has 2 nitrogen and oxygen atoms in total. The van der Waals surface area contributed by atoms with Crippen molar-refractivity contribution in [2.75, 3.05) is 11.4 Å². The highest BCUT2D eigenvalue weighted by atomic mass is 35.5. The van der Waals surface area contributed by atoms with Crippen LogP contribution in [0.5, 0.6) is 0 Å². The average Bonchev–Trinajstić information content (AvgIpc) is 2.54. The lowest BCUT2D eigenvalue weighted by Gasteiger charge is -2.47. The molecule has 0 aliphatic carbocycles. The molecule has 0 saturated heterocycles. The fourth-order valence-corrected chi connectivity index (χ4v) is 4.08. The summed E-state index contributed by atoms with van der Waals surface area (Å²) in [5.74, 6) is 0.513. The molecule has 0 radical (unpaired) electrons. The molecule has 3 heteroatoms. The van der Waals surface area contributed by atoms with Crippen LogP contribution in [0.1, 0.15) is 51.2 Å². The Labute approximate surface area is 150 Å². The quantitative estimate of drug-likeness (QED) is 0.607. The van der Waals surface area contributed by atoms with Gasteiger partial charge in [0.1, 0.15) is 0 Å². The molecule has 1 aliphatic rings. The van der Waals surface area contributed by atoms with Gasteiger partial charge < -0.3 is 4.90 Å². The van der Waals surface area contributed by atoms with Crippen molar-refractivity contribution in [1.82, 2.24) is 0 Å². The zero-order valence-electron chi connectivity index (χ0n) is 14.9. The van der Waals surface area contributed by atoms with E-state index in [1.165, 1.54) is 11.3 Å². The van der Waals surface area contributed by atoms with Gasteiger partial charge in [-0.2, -0.15) is 0 Å². The molecule has 3 rings (SSSR count). The van der Waals surface area contributed by atoms with Gasteiger partial charge in [0.25, 0.3) is 0 Å². The van der Waals surface area contributed by atoms with Gasteiger partial charge in [-0.1, -0.05) is 36.7 Å². The molecule has 2 aromatic rings. The van der Waals surface area contributed by atoms with E-state index in [4.69, 9.17) is 11.6 Å². The number of rotatable bonds is 3. The largest absolute Gasteiger partial charge is 0.366 e. The third-order valence-corrected chi connectivity index (χ3v) is 5.26. The summed E-state index contributed by atoms with van der Waals surface area (Å²) in [5, 5.41) is 0.761. The molecular formula is C21H25ClN2. The van der Waals surface area contributed by atoms with Crippen LogP contribution in [-0.2, 0) is 0 Å². The van der Waals surface area contributed by atoms with Crippen LogP contribution >= 0.6 is 11.6 Å². The van der Waals surface area contributed by atoms with Gasteiger partial charge in [0.15, 0.2) is 0 Å². The van der Waals surface area contributed by atoms with E-state index in [1.54, 1.807) is 0 Å². The molecule has 0 bridgehead atoms. The predicted octanol–water partition coefficient (Wildman–Crippen LogP) is 6.20. The van der Waals surface area contributed by atoms with Gasteiger partial charge in [-0.25, -0.2) is 0 Å². The van der Waals surface area contributed by atoms with Crippen molar-refractivity contribution >= 4 is 29.2 Å². The Morgan fingerprint density at radius 2 is 1.96 bits per heavy atom. The summed E-state index contributed by atoms with van der Waals surface area (Å²) in [7, 11) is 0. The summed E-state index contributed by atoms with van der Waals surface area (Å²) in [6, 6.07) is 14.3. The first-order valence-corrected chi connectivity index (χ1v) is 9.00. The molecular weight excluding hydrogens is 316 g/mol. The van der Waals surface area contributed by atoms with E-state index in [-0.39, 0.29) is 5.54 Å².